The maximum atomic E-state index is 11.5. The van der Waals surface area contributed by atoms with Gasteiger partial charge in [-0.05, 0) is 18.8 Å². The van der Waals surface area contributed by atoms with Crippen LogP contribution in [0.1, 0.15) is 52.9 Å². The van der Waals surface area contributed by atoms with Gasteiger partial charge in [0, 0.05) is 13.5 Å². The van der Waals surface area contributed by atoms with Crippen LogP contribution in [-0.2, 0) is 14.3 Å². The van der Waals surface area contributed by atoms with Crippen LogP contribution in [0.5, 0.6) is 0 Å². The van der Waals surface area contributed by atoms with Gasteiger partial charge in [-0.2, -0.15) is 0 Å². The molecular weight excluding hydrogens is 306 g/mol. The number of esters is 1. The molecule has 1 aliphatic rings. The van der Waals surface area contributed by atoms with Crippen LogP contribution in [0.3, 0.4) is 0 Å². The fourth-order valence-electron chi connectivity index (χ4n) is 2.14. The molecule has 3 N–H and O–H groups in total. The van der Waals surface area contributed by atoms with Crippen molar-refractivity contribution >= 4 is 18.2 Å². The highest BCUT2D eigenvalue weighted by atomic mass is 16.7. The molecule has 0 aromatic carbocycles. The van der Waals surface area contributed by atoms with Crippen LogP contribution >= 0.6 is 0 Å². The van der Waals surface area contributed by atoms with Gasteiger partial charge in [-0.25, -0.2) is 9.59 Å². The number of alkyl carbamates (subject to hydrolysis) is 1. The zero-order valence-corrected chi connectivity index (χ0v) is 13.9. The Labute approximate surface area is 136 Å². The summed E-state index contributed by atoms with van der Waals surface area (Å²) in [6.45, 7) is 5.65. The van der Waals surface area contributed by atoms with E-state index in [-0.39, 0.29) is 11.9 Å². The maximum absolute atomic E-state index is 11.5. The Hall–Kier alpha value is -1.99. The summed E-state index contributed by atoms with van der Waals surface area (Å²) < 4.78 is 9.92. The SMILES string of the molecule is CC(OC(=O)NCC1CCCCC1)OC(=O)C(C)C.O=C(O)O. The van der Waals surface area contributed by atoms with E-state index in [9.17, 15) is 9.59 Å². The van der Waals surface area contributed by atoms with E-state index in [1.165, 1.54) is 19.3 Å². The van der Waals surface area contributed by atoms with Crippen molar-refractivity contribution in [1.82, 2.24) is 5.32 Å². The van der Waals surface area contributed by atoms with Crippen LogP contribution in [0.2, 0.25) is 0 Å². The smallest absolute Gasteiger partial charge is 0.450 e. The third-order valence-electron chi connectivity index (χ3n) is 3.29. The molecule has 0 aromatic rings. The Balaban J connectivity index is 0.00000108. The van der Waals surface area contributed by atoms with E-state index in [4.69, 9.17) is 24.5 Å². The molecule has 1 rings (SSSR count). The summed E-state index contributed by atoms with van der Waals surface area (Å²) in [4.78, 5) is 31.4. The number of nitrogens with one attached hydrogen (secondary N) is 1. The molecule has 134 valence electrons. The average molecular weight is 333 g/mol. The Morgan fingerprint density at radius 1 is 1.04 bits per heavy atom. The Kier molecular flexibility index (Phi) is 10.6. The molecule has 8 nitrogen and oxygen atoms in total. The Bertz CT molecular complexity index is 374. The largest absolute Gasteiger partial charge is 0.503 e. The van der Waals surface area contributed by atoms with Crippen molar-refractivity contribution in [2.24, 2.45) is 11.8 Å². The molecule has 0 bridgehead atoms. The molecule has 1 aliphatic carbocycles. The van der Waals surface area contributed by atoms with E-state index >= 15 is 0 Å². The predicted octanol–water partition coefficient (Wildman–Crippen LogP) is 3.06. The van der Waals surface area contributed by atoms with Crippen LogP contribution in [0.15, 0.2) is 0 Å². The molecule has 8 heteroatoms. The van der Waals surface area contributed by atoms with E-state index in [2.05, 4.69) is 5.32 Å². The molecule has 1 fully saturated rings. The second kappa shape index (κ2) is 11.6. The van der Waals surface area contributed by atoms with Gasteiger partial charge in [0.1, 0.15) is 0 Å². The fourth-order valence-corrected chi connectivity index (χ4v) is 2.14. The topological polar surface area (TPSA) is 122 Å². The Morgan fingerprint density at radius 2 is 1.57 bits per heavy atom. The second-order valence-corrected chi connectivity index (χ2v) is 5.73. The molecule has 0 saturated heterocycles. The second-order valence-electron chi connectivity index (χ2n) is 5.73. The van der Waals surface area contributed by atoms with Crippen LogP contribution in [0.4, 0.5) is 9.59 Å². The van der Waals surface area contributed by atoms with Gasteiger partial charge in [0.15, 0.2) is 0 Å². The van der Waals surface area contributed by atoms with E-state index in [1.54, 1.807) is 20.8 Å². The lowest BCUT2D eigenvalue weighted by Crippen LogP contribution is -2.34. The third kappa shape index (κ3) is 12.3. The van der Waals surface area contributed by atoms with Crippen LogP contribution < -0.4 is 5.32 Å². The molecule has 0 heterocycles. The molecule has 0 aliphatic heterocycles. The molecule has 1 unspecified atom stereocenters. The minimum atomic E-state index is -1.83. The number of hydrogen-bond acceptors (Lipinski definition) is 5. The van der Waals surface area contributed by atoms with E-state index < -0.39 is 18.5 Å². The first-order valence-corrected chi connectivity index (χ1v) is 7.79. The molecule has 1 atom stereocenters. The van der Waals surface area contributed by atoms with Crippen molar-refractivity contribution in [3.05, 3.63) is 0 Å². The third-order valence-corrected chi connectivity index (χ3v) is 3.29. The number of hydrogen-bond donors (Lipinski definition) is 3. The van der Waals surface area contributed by atoms with Gasteiger partial charge in [-0.1, -0.05) is 33.1 Å². The van der Waals surface area contributed by atoms with Gasteiger partial charge < -0.3 is 25.0 Å². The summed E-state index contributed by atoms with van der Waals surface area (Å²) in [5, 5.41) is 16.7. The molecule has 0 spiro atoms. The van der Waals surface area contributed by atoms with Crippen molar-refractivity contribution in [3.8, 4) is 0 Å². The minimum Gasteiger partial charge on any atom is -0.450 e. The van der Waals surface area contributed by atoms with Gasteiger partial charge in [-0.15, -0.1) is 0 Å². The lowest BCUT2D eigenvalue weighted by atomic mass is 9.89. The number of carbonyl (C=O) groups excluding carboxylic acids is 2. The lowest BCUT2D eigenvalue weighted by Gasteiger charge is -2.22. The molecule has 1 amide bonds. The molecule has 1 saturated carbocycles. The molecule has 0 aromatic heterocycles. The predicted molar refractivity (Wildman–Crippen MR) is 82.1 cm³/mol. The van der Waals surface area contributed by atoms with Crippen molar-refractivity contribution < 1.29 is 34.1 Å². The highest BCUT2D eigenvalue weighted by Gasteiger charge is 2.18. The van der Waals surface area contributed by atoms with Crippen LogP contribution in [0.25, 0.3) is 0 Å². The summed E-state index contributed by atoms with van der Waals surface area (Å²) in [7, 11) is 0. The number of carbonyl (C=O) groups is 3. The van der Waals surface area contributed by atoms with E-state index in [0.29, 0.717) is 12.5 Å². The summed E-state index contributed by atoms with van der Waals surface area (Å²) >= 11 is 0. The highest BCUT2D eigenvalue weighted by Crippen LogP contribution is 2.22. The molecular formula is C15H27NO7. The molecule has 23 heavy (non-hydrogen) atoms. The van der Waals surface area contributed by atoms with Crippen molar-refractivity contribution in [1.29, 1.82) is 0 Å². The van der Waals surface area contributed by atoms with Crippen molar-refractivity contribution in [2.75, 3.05) is 6.54 Å². The van der Waals surface area contributed by atoms with E-state index in [1.807, 2.05) is 0 Å². The molecule has 0 radical (unpaired) electrons. The van der Waals surface area contributed by atoms with Crippen molar-refractivity contribution in [3.63, 3.8) is 0 Å². The first-order valence-electron chi connectivity index (χ1n) is 7.79. The first-order chi connectivity index (χ1) is 10.7. The number of rotatable bonds is 5. The lowest BCUT2D eigenvalue weighted by molar-refractivity contribution is -0.168. The minimum absolute atomic E-state index is 0.226. The summed E-state index contributed by atoms with van der Waals surface area (Å²) in [6.07, 6.45) is 2.91. The number of carboxylic acid groups (broad SMARTS) is 2. The van der Waals surface area contributed by atoms with E-state index in [0.717, 1.165) is 12.8 Å². The fraction of sp³-hybridized carbons (Fsp3) is 0.800. The van der Waals surface area contributed by atoms with Crippen LogP contribution in [0, 0.1) is 11.8 Å². The van der Waals surface area contributed by atoms with Gasteiger partial charge in [0.05, 0.1) is 5.92 Å². The van der Waals surface area contributed by atoms with Gasteiger partial charge in [0.2, 0.25) is 6.29 Å². The number of amides is 1. The summed E-state index contributed by atoms with van der Waals surface area (Å²) in [5.74, 6) is -0.0428. The average Bonchev–Trinajstić information content (AvgIpc) is 2.45. The zero-order valence-electron chi connectivity index (χ0n) is 13.9. The first kappa shape index (κ1) is 21.0. The van der Waals surface area contributed by atoms with Crippen molar-refractivity contribution in [2.45, 2.75) is 59.2 Å². The normalized spacial score (nSPS) is 15.8. The summed E-state index contributed by atoms with van der Waals surface area (Å²) in [5.41, 5.74) is 0. The quantitative estimate of drug-likeness (QED) is 0.522. The standard InChI is InChI=1S/C14H25NO4.CH2O3/c1-10(2)13(16)18-11(3)19-14(17)15-9-12-7-5-4-6-8-12;2-1(3)4/h10-12H,4-9H2,1-3H3,(H,15,17);(H2,2,3,4). The summed E-state index contributed by atoms with van der Waals surface area (Å²) in [6, 6.07) is 0. The Morgan fingerprint density at radius 3 is 2.04 bits per heavy atom. The highest BCUT2D eigenvalue weighted by molar-refractivity contribution is 5.72. The maximum Gasteiger partial charge on any atom is 0.503 e. The van der Waals surface area contributed by atoms with Gasteiger partial charge in [-0.3, -0.25) is 4.79 Å². The van der Waals surface area contributed by atoms with Gasteiger partial charge >= 0.3 is 18.2 Å². The zero-order chi connectivity index (χ0) is 17.8. The van der Waals surface area contributed by atoms with Gasteiger partial charge in [0.25, 0.3) is 0 Å². The monoisotopic (exact) mass is 333 g/mol. The van der Waals surface area contributed by atoms with Crippen LogP contribution in [-0.4, -0.2) is 41.3 Å². The number of ether oxygens (including phenoxy) is 2.